The molecule has 9 nitrogen and oxygen atoms in total. The molecule has 0 aromatic heterocycles. The molecular weight excluding hydrogens is 422 g/mol. The molecule has 2 aromatic rings. The summed E-state index contributed by atoms with van der Waals surface area (Å²) < 4.78 is 31.9. The molecule has 0 saturated heterocycles. The van der Waals surface area contributed by atoms with E-state index in [4.69, 9.17) is 15.6 Å². The van der Waals surface area contributed by atoms with Gasteiger partial charge in [0.1, 0.15) is 18.9 Å². The van der Waals surface area contributed by atoms with E-state index in [0.717, 1.165) is 4.31 Å². The number of anilines is 1. The largest absolute Gasteiger partial charge is 0.492 e. The molecule has 1 amide bonds. The van der Waals surface area contributed by atoms with E-state index in [1.165, 1.54) is 24.3 Å². The fourth-order valence-electron chi connectivity index (χ4n) is 2.75. The van der Waals surface area contributed by atoms with E-state index < -0.39 is 22.5 Å². The molecule has 0 fully saturated rings. The summed E-state index contributed by atoms with van der Waals surface area (Å²) in [5.41, 5.74) is 6.19. The zero-order chi connectivity index (χ0) is 23.0. The van der Waals surface area contributed by atoms with Crippen molar-refractivity contribution >= 4 is 27.6 Å². The lowest BCUT2D eigenvalue weighted by Gasteiger charge is -2.22. The van der Waals surface area contributed by atoms with Gasteiger partial charge >= 0.3 is 5.97 Å². The number of nitrogens with one attached hydrogen (secondary N) is 1. The number of nitrogens with two attached hydrogens (primary N) is 1. The van der Waals surface area contributed by atoms with Gasteiger partial charge in [0.25, 0.3) is 5.91 Å². The molecule has 0 aliphatic rings. The van der Waals surface area contributed by atoms with E-state index in [9.17, 15) is 18.0 Å². The second kappa shape index (κ2) is 10.9. The molecule has 0 atom stereocenters. The van der Waals surface area contributed by atoms with Crippen LogP contribution in [0.5, 0.6) is 5.75 Å². The number of carboxylic acids is 1. The quantitative estimate of drug-likeness (QED) is 0.477. The number of carbonyl (C=O) groups excluding carboxylic acids is 1. The highest BCUT2D eigenvalue weighted by Crippen LogP contribution is 2.20. The molecule has 0 radical (unpaired) electrons. The monoisotopic (exact) mass is 449 g/mol. The topological polar surface area (TPSA) is 139 Å². The Hall–Kier alpha value is -2.95. The van der Waals surface area contributed by atoms with E-state index in [1.54, 1.807) is 38.1 Å². The number of sulfonamides is 1. The standard InChI is InChI=1S/C21H27N3O6S/c1-15(2)13-24(14-20(25)26)31(28,29)19-9-5-17(6-10-19)23-21(27)16-3-7-18(8-4-16)30-12-11-22/h3-10,15H,11-14,22H2,1-2H3,(H,23,27)(H,25,26). The second-order valence-electron chi connectivity index (χ2n) is 7.23. The van der Waals surface area contributed by atoms with Crippen LogP contribution in [0.1, 0.15) is 24.2 Å². The number of nitrogens with zero attached hydrogens (tertiary/aromatic N) is 1. The van der Waals surface area contributed by atoms with Crippen LogP contribution in [-0.2, 0) is 14.8 Å². The van der Waals surface area contributed by atoms with Gasteiger partial charge in [0.2, 0.25) is 10.0 Å². The number of carboxylic acid groups (broad SMARTS) is 1. The third-order valence-electron chi connectivity index (χ3n) is 4.13. The Morgan fingerprint density at radius 1 is 1.10 bits per heavy atom. The van der Waals surface area contributed by atoms with Gasteiger partial charge in [-0.3, -0.25) is 9.59 Å². The maximum absolute atomic E-state index is 12.8. The lowest BCUT2D eigenvalue weighted by atomic mass is 10.2. The molecule has 0 heterocycles. The highest BCUT2D eigenvalue weighted by atomic mass is 32.2. The maximum atomic E-state index is 12.8. The molecule has 10 heteroatoms. The minimum Gasteiger partial charge on any atom is -0.492 e. The van der Waals surface area contributed by atoms with Crippen LogP contribution in [0, 0.1) is 5.92 Å². The third-order valence-corrected chi connectivity index (χ3v) is 5.96. The molecule has 0 aliphatic carbocycles. The highest BCUT2D eigenvalue weighted by Gasteiger charge is 2.27. The SMILES string of the molecule is CC(C)CN(CC(=O)O)S(=O)(=O)c1ccc(NC(=O)c2ccc(OCCN)cc2)cc1. The number of benzene rings is 2. The van der Waals surface area contributed by atoms with Crippen molar-refractivity contribution in [2.24, 2.45) is 11.7 Å². The highest BCUT2D eigenvalue weighted by molar-refractivity contribution is 7.89. The molecule has 0 unspecified atom stereocenters. The minimum absolute atomic E-state index is 0.0419. The molecule has 0 bridgehead atoms. The minimum atomic E-state index is -3.98. The Balaban J connectivity index is 2.11. The first-order valence-corrected chi connectivity index (χ1v) is 11.1. The molecule has 0 saturated carbocycles. The van der Waals surface area contributed by atoms with Gasteiger partial charge in [0.05, 0.1) is 4.90 Å². The van der Waals surface area contributed by atoms with Gasteiger partial charge in [-0.15, -0.1) is 0 Å². The van der Waals surface area contributed by atoms with Crippen molar-refractivity contribution in [2.45, 2.75) is 18.7 Å². The Labute approximate surface area is 181 Å². The van der Waals surface area contributed by atoms with E-state index in [0.29, 0.717) is 30.2 Å². The third kappa shape index (κ3) is 7.06. The zero-order valence-electron chi connectivity index (χ0n) is 17.4. The van der Waals surface area contributed by atoms with Crippen LogP contribution in [-0.4, -0.2) is 55.9 Å². The van der Waals surface area contributed by atoms with E-state index >= 15 is 0 Å². The normalized spacial score (nSPS) is 11.5. The zero-order valence-corrected chi connectivity index (χ0v) is 18.3. The average Bonchev–Trinajstić information content (AvgIpc) is 2.72. The van der Waals surface area contributed by atoms with E-state index in [-0.39, 0.29) is 23.3 Å². The van der Waals surface area contributed by atoms with Gasteiger partial charge in [-0.2, -0.15) is 4.31 Å². The first-order chi connectivity index (χ1) is 14.6. The van der Waals surface area contributed by atoms with Crippen LogP contribution < -0.4 is 15.8 Å². The summed E-state index contributed by atoms with van der Waals surface area (Å²) in [5.74, 6) is -1.04. The summed E-state index contributed by atoms with van der Waals surface area (Å²) in [6, 6.07) is 12.1. The van der Waals surface area contributed by atoms with Crippen molar-refractivity contribution in [1.29, 1.82) is 0 Å². The number of ether oxygens (including phenoxy) is 1. The predicted octanol–water partition coefficient (Wildman–Crippen LogP) is 2.01. The fourth-order valence-corrected chi connectivity index (χ4v) is 4.30. The maximum Gasteiger partial charge on any atom is 0.318 e. The number of aliphatic carboxylic acids is 1. The number of carbonyl (C=O) groups is 2. The first kappa shape index (κ1) is 24.3. The lowest BCUT2D eigenvalue weighted by Crippen LogP contribution is -2.38. The fraction of sp³-hybridized carbons (Fsp3) is 0.333. The molecule has 0 spiro atoms. The second-order valence-corrected chi connectivity index (χ2v) is 9.16. The number of amides is 1. The molecule has 168 valence electrons. The van der Waals surface area contributed by atoms with E-state index in [1.807, 2.05) is 0 Å². The van der Waals surface area contributed by atoms with Crippen molar-refractivity contribution < 1.29 is 27.9 Å². The summed E-state index contributed by atoms with van der Waals surface area (Å²) in [5, 5.41) is 11.7. The van der Waals surface area contributed by atoms with Crippen LogP contribution in [0.15, 0.2) is 53.4 Å². The van der Waals surface area contributed by atoms with Gasteiger partial charge < -0.3 is 20.9 Å². The van der Waals surface area contributed by atoms with E-state index in [2.05, 4.69) is 5.32 Å². The van der Waals surface area contributed by atoms with Crippen molar-refractivity contribution in [3.63, 3.8) is 0 Å². The number of hydrogen-bond acceptors (Lipinski definition) is 6. The molecule has 4 N–H and O–H groups in total. The summed E-state index contributed by atoms with van der Waals surface area (Å²) in [4.78, 5) is 23.4. The van der Waals surface area contributed by atoms with Crippen LogP contribution in [0.2, 0.25) is 0 Å². The summed E-state index contributed by atoms with van der Waals surface area (Å²) in [7, 11) is -3.98. The van der Waals surface area contributed by atoms with Crippen molar-refractivity contribution in [2.75, 3.05) is 31.6 Å². The van der Waals surface area contributed by atoms with Crippen LogP contribution in [0.3, 0.4) is 0 Å². The van der Waals surface area contributed by atoms with Crippen LogP contribution in [0.25, 0.3) is 0 Å². The van der Waals surface area contributed by atoms with Crippen molar-refractivity contribution in [1.82, 2.24) is 4.31 Å². The summed E-state index contributed by atoms with van der Waals surface area (Å²) >= 11 is 0. The Kier molecular flexibility index (Phi) is 8.55. The molecule has 2 rings (SSSR count). The molecule has 2 aromatic carbocycles. The van der Waals surface area contributed by atoms with Crippen molar-refractivity contribution in [3.8, 4) is 5.75 Å². The lowest BCUT2D eigenvalue weighted by molar-refractivity contribution is -0.137. The van der Waals surface area contributed by atoms with Gasteiger partial charge in [-0.05, 0) is 54.4 Å². The Morgan fingerprint density at radius 3 is 2.23 bits per heavy atom. The van der Waals surface area contributed by atoms with Crippen molar-refractivity contribution in [3.05, 3.63) is 54.1 Å². The number of hydrogen-bond donors (Lipinski definition) is 3. The summed E-state index contributed by atoms with van der Waals surface area (Å²) in [6.07, 6.45) is 0. The smallest absolute Gasteiger partial charge is 0.318 e. The van der Waals surface area contributed by atoms with Crippen LogP contribution in [0.4, 0.5) is 5.69 Å². The summed E-state index contributed by atoms with van der Waals surface area (Å²) in [6.45, 7) is 3.84. The van der Waals surface area contributed by atoms with Gasteiger partial charge in [-0.1, -0.05) is 13.8 Å². The molecule has 0 aliphatic heterocycles. The molecule has 31 heavy (non-hydrogen) atoms. The van der Waals surface area contributed by atoms with Gasteiger partial charge in [0.15, 0.2) is 0 Å². The van der Waals surface area contributed by atoms with Gasteiger partial charge in [0, 0.05) is 24.3 Å². The molecular formula is C21H27N3O6S. The first-order valence-electron chi connectivity index (χ1n) is 9.69. The van der Waals surface area contributed by atoms with Crippen LogP contribution >= 0.6 is 0 Å². The number of rotatable bonds is 11. The average molecular weight is 450 g/mol. The van der Waals surface area contributed by atoms with Gasteiger partial charge in [-0.25, -0.2) is 8.42 Å². The Bertz CT molecular complexity index is 989. The predicted molar refractivity (Wildman–Crippen MR) is 117 cm³/mol. The Morgan fingerprint density at radius 2 is 1.71 bits per heavy atom.